The first kappa shape index (κ1) is 9.32. The second-order valence-electron chi connectivity index (χ2n) is 3.05. The summed E-state index contributed by atoms with van der Waals surface area (Å²) in [5, 5.41) is 9.53. The first-order chi connectivity index (χ1) is 6.77. The molecular formula is C12H9OSe. The zero-order chi connectivity index (χ0) is 9.97. The van der Waals surface area contributed by atoms with Gasteiger partial charge in [0.05, 0.1) is 0 Å². The average molecular weight is 248 g/mol. The van der Waals surface area contributed by atoms with Crippen LogP contribution in [-0.2, 0) is 0 Å². The Morgan fingerprint density at radius 3 is 2.21 bits per heavy atom. The molecule has 1 nitrogen and oxygen atoms in total. The van der Waals surface area contributed by atoms with E-state index in [-0.39, 0.29) is 0 Å². The van der Waals surface area contributed by atoms with Crippen LogP contribution in [0.3, 0.4) is 0 Å². The van der Waals surface area contributed by atoms with E-state index in [1.54, 1.807) is 6.07 Å². The van der Waals surface area contributed by atoms with E-state index < -0.39 is 0 Å². The summed E-state index contributed by atoms with van der Waals surface area (Å²) >= 11 is 2.80. The normalized spacial score (nSPS) is 10.0. The van der Waals surface area contributed by atoms with Crippen molar-refractivity contribution < 1.29 is 5.11 Å². The molecule has 0 unspecified atom stereocenters. The molecule has 0 aromatic heterocycles. The van der Waals surface area contributed by atoms with Crippen LogP contribution in [0.25, 0.3) is 11.1 Å². The van der Waals surface area contributed by atoms with Gasteiger partial charge in [0, 0.05) is 0 Å². The average Bonchev–Trinajstić information content (AvgIpc) is 2.23. The minimum atomic E-state index is 0.298. The molecule has 0 atom stereocenters. The third-order valence-electron chi connectivity index (χ3n) is 2.07. The summed E-state index contributed by atoms with van der Waals surface area (Å²) in [5.74, 6) is 0.298. The Bertz CT molecular complexity index is 437. The van der Waals surface area contributed by atoms with Crippen LogP contribution in [0.4, 0.5) is 0 Å². The van der Waals surface area contributed by atoms with Gasteiger partial charge in [0.2, 0.25) is 0 Å². The van der Waals surface area contributed by atoms with Crippen LogP contribution >= 0.6 is 0 Å². The molecule has 0 fully saturated rings. The Morgan fingerprint density at radius 2 is 1.57 bits per heavy atom. The Kier molecular flexibility index (Phi) is 2.58. The molecule has 1 N–H and O–H groups in total. The number of benzene rings is 2. The maximum atomic E-state index is 9.53. The summed E-state index contributed by atoms with van der Waals surface area (Å²) in [6.45, 7) is 0. The number of rotatable bonds is 1. The number of phenolic OH excluding ortho intramolecular Hbond substituents is 1. The predicted molar refractivity (Wildman–Crippen MR) is 58.9 cm³/mol. The topological polar surface area (TPSA) is 20.2 Å². The first-order valence-electron chi connectivity index (χ1n) is 4.33. The van der Waals surface area contributed by atoms with Crippen LogP contribution in [0.2, 0.25) is 0 Å². The monoisotopic (exact) mass is 249 g/mol. The van der Waals surface area contributed by atoms with Crippen molar-refractivity contribution in [1.82, 2.24) is 0 Å². The van der Waals surface area contributed by atoms with Crippen molar-refractivity contribution in [3.63, 3.8) is 0 Å². The molecule has 69 valence electrons. The van der Waals surface area contributed by atoms with E-state index >= 15 is 0 Å². The third kappa shape index (κ3) is 1.82. The summed E-state index contributed by atoms with van der Waals surface area (Å²) < 4.78 is 0.782. The molecule has 14 heavy (non-hydrogen) atoms. The van der Waals surface area contributed by atoms with Crippen LogP contribution in [0, 0.1) is 0 Å². The molecule has 0 heterocycles. The van der Waals surface area contributed by atoms with Crippen LogP contribution in [0.5, 0.6) is 5.75 Å². The summed E-state index contributed by atoms with van der Waals surface area (Å²) in [5.41, 5.74) is 2.14. The molecule has 2 aromatic rings. The number of phenols is 1. The maximum absolute atomic E-state index is 9.53. The molecule has 0 bridgehead atoms. The molecule has 0 aliphatic carbocycles. The molecule has 2 heteroatoms. The van der Waals surface area contributed by atoms with E-state index in [1.807, 2.05) is 42.5 Å². The molecule has 0 spiro atoms. The van der Waals surface area contributed by atoms with Gasteiger partial charge >= 0.3 is 91.0 Å². The van der Waals surface area contributed by atoms with Crippen molar-refractivity contribution in [1.29, 1.82) is 0 Å². The SMILES string of the molecule is Oc1cc(-c2ccccc2)ccc1[Se]. The second kappa shape index (κ2) is 3.87. The van der Waals surface area contributed by atoms with Gasteiger partial charge in [-0.1, -0.05) is 0 Å². The third-order valence-corrected chi connectivity index (χ3v) is 2.79. The second-order valence-corrected chi connectivity index (χ2v) is 3.97. The number of hydrogen-bond acceptors (Lipinski definition) is 1. The summed E-state index contributed by atoms with van der Waals surface area (Å²) in [7, 11) is 0. The molecular weight excluding hydrogens is 239 g/mol. The van der Waals surface area contributed by atoms with E-state index in [0.717, 1.165) is 15.6 Å². The Hall–Kier alpha value is -1.24. The van der Waals surface area contributed by atoms with Crippen molar-refractivity contribution in [2.45, 2.75) is 0 Å². The van der Waals surface area contributed by atoms with E-state index in [9.17, 15) is 5.11 Å². The summed E-state index contributed by atoms with van der Waals surface area (Å²) in [6.07, 6.45) is 0. The standard InChI is InChI=1S/C12H9OSe/c13-11-8-10(6-7-12(11)14)9-4-2-1-3-5-9/h1-8,13H. The van der Waals surface area contributed by atoms with E-state index in [2.05, 4.69) is 16.0 Å². The zero-order valence-electron chi connectivity index (χ0n) is 7.47. The Balaban J connectivity index is 2.48. The van der Waals surface area contributed by atoms with Gasteiger partial charge in [0.15, 0.2) is 0 Å². The fourth-order valence-corrected chi connectivity index (χ4v) is 1.59. The molecule has 0 saturated carbocycles. The van der Waals surface area contributed by atoms with Gasteiger partial charge in [0.25, 0.3) is 0 Å². The van der Waals surface area contributed by atoms with Crippen LogP contribution in [0.15, 0.2) is 48.5 Å². The van der Waals surface area contributed by atoms with Gasteiger partial charge in [-0.3, -0.25) is 0 Å². The Morgan fingerprint density at radius 1 is 0.857 bits per heavy atom. The van der Waals surface area contributed by atoms with E-state index in [0.29, 0.717) is 5.75 Å². The van der Waals surface area contributed by atoms with E-state index in [4.69, 9.17) is 0 Å². The van der Waals surface area contributed by atoms with Crippen molar-refractivity contribution in [3.05, 3.63) is 48.5 Å². The van der Waals surface area contributed by atoms with Gasteiger partial charge < -0.3 is 0 Å². The molecule has 0 amide bonds. The van der Waals surface area contributed by atoms with Crippen LogP contribution < -0.4 is 4.46 Å². The fraction of sp³-hybridized carbons (Fsp3) is 0. The molecule has 2 aromatic carbocycles. The van der Waals surface area contributed by atoms with Gasteiger partial charge in [0.1, 0.15) is 0 Å². The quantitative estimate of drug-likeness (QED) is 0.764. The minimum absolute atomic E-state index is 0.298. The van der Waals surface area contributed by atoms with Crippen molar-refractivity contribution in [3.8, 4) is 16.9 Å². The molecule has 0 saturated heterocycles. The van der Waals surface area contributed by atoms with Gasteiger partial charge in [-0.15, -0.1) is 0 Å². The Labute approximate surface area is 91.2 Å². The van der Waals surface area contributed by atoms with Crippen LogP contribution in [-0.4, -0.2) is 21.1 Å². The number of aromatic hydroxyl groups is 1. The van der Waals surface area contributed by atoms with Crippen LogP contribution in [0.1, 0.15) is 0 Å². The van der Waals surface area contributed by atoms with Gasteiger partial charge in [-0.05, 0) is 0 Å². The fourth-order valence-electron chi connectivity index (χ4n) is 1.33. The molecule has 2 rings (SSSR count). The number of hydrogen-bond donors (Lipinski definition) is 1. The van der Waals surface area contributed by atoms with Gasteiger partial charge in [-0.2, -0.15) is 0 Å². The summed E-state index contributed by atoms with van der Waals surface area (Å²) in [6, 6.07) is 15.6. The first-order valence-corrected chi connectivity index (χ1v) is 5.18. The zero-order valence-corrected chi connectivity index (χ0v) is 9.19. The molecule has 1 radical (unpaired) electrons. The predicted octanol–water partition coefficient (Wildman–Crippen LogP) is 1.85. The summed E-state index contributed by atoms with van der Waals surface area (Å²) in [4.78, 5) is 0. The van der Waals surface area contributed by atoms with E-state index in [1.165, 1.54) is 0 Å². The van der Waals surface area contributed by atoms with Crippen molar-refractivity contribution >= 4 is 20.5 Å². The molecule has 0 aliphatic rings. The van der Waals surface area contributed by atoms with Crippen molar-refractivity contribution in [2.75, 3.05) is 0 Å². The van der Waals surface area contributed by atoms with Crippen molar-refractivity contribution in [2.24, 2.45) is 0 Å². The van der Waals surface area contributed by atoms with Gasteiger partial charge in [-0.25, -0.2) is 0 Å². The molecule has 0 aliphatic heterocycles.